The van der Waals surface area contributed by atoms with Gasteiger partial charge in [-0.25, -0.2) is 0 Å². The Labute approximate surface area is 120 Å². The molecule has 1 atom stereocenters. The summed E-state index contributed by atoms with van der Waals surface area (Å²) in [7, 11) is 1.50. The molecule has 0 unspecified atom stereocenters. The highest BCUT2D eigenvalue weighted by Gasteiger charge is 2.28. The van der Waals surface area contributed by atoms with E-state index in [4.69, 9.17) is 10.5 Å². The van der Waals surface area contributed by atoms with E-state index in [1.165, 1.54) is 7.11 Å². The fraction of sp³-hybridized carbons (Fsp3) is 0.833. The van der Waals surface area contributed by atoms with Crippen LogP contribution in [0.3, 0.4) is 0 Å². The summed E-state index contributed by atoms with van der Waals surface area (Å²) in [4.78, 5) is 27.1. The minimum absolute atomic E-state index is 0. The molecule has 6 nitrogen and oxygen atoms in total. The molecule has 2 N–H and O–H groups in total. The van der Waals surface area contributed by atoms with Gasteiger partial charge < -0.3 is 20.3 Å². The molecule has 1 heterocycles. The summed E-state index contributed by atoms with van der Waals surface area (Å²) < 4.78 is 4.81. The lowest BCUT2D eigenvalue weighted by Crippen LogP contribution is -2.55. The molecule has 1 rings (SSSR count). The van der Waals surface area contributed by atoms with E-state index in [0.717, 1.165) is 0 Å². The minimum Gasteiger partial charge on any atom is -0.375 e. The second-order valence-electron chi connectivity index (χ2n) is 4.91. The molecule has 1 aliphatic heterocycles. The van der Waals surface area contributed by atoms with Gasteiger partial charge in [0.2, 0.25) is 11.8 Å². The number of hydrogen-bond donors (Lipinski definition) is 1. The van der Waals surface area contributed by atoms with Gasteiger partial charge in [-0.05, 0) is 5.92 Å². The van der Waals surface area contributed by atoms with E-state index in [1.54, 1.807) is 9.80 Å². The van der Waals surface area contributed by atoms with Crippen molar-refractivity contribution in [1.29, 1.82) is 0 Å². The van der Waals surface area contributed by atoms with Crippen LogP contribution in [0, 0.1) is 5.92 Å². The standard InChI is InChI=1S/C12H23N3O3.ClH/c1-9(2)11(13)12(17)15-6-4-14(5-7-15)10(16)8-18-3;/h9,11H,4-8,13H2,1-3H3;1H/t11-;/m1./s1. The van der Waals surface area contributed by atoms with Crippen molar-refractivity contribution >= 4 is 24.2 Å². The Morgan fingerprint density at radius 1 is 1.16 bits per heavy atom. The first-order valence-corrected chi connectivity index (χ1v) is 6.28. The number of amides is 2. The first-order valence-electron chi connectivity index (χ1n) is 6.28. The predicted octanol–water partition coefficient (Wildman–Crippen LogP) is -0.291. The van der Waals surface area contributed by atoms with Crippen molar-refractivity contribution in [2.24, 2.45) is 11.7 Å². The molecule has 0 radical (unpaired) electrons. The normalized spacial score (nSPS) is 17.1. The van der Waals surface area contributed by atoms with Crippen molar-refractivity contribution < 1.29 is 14.3 Å². The van der Waals surface area contributed by atoms with E-state index < -0.39 is 6.04 Å². The number of carbonyl (C=O) groups excluding carboxylic acids is 2. The van der Waals surface area contributed by atoms with Crippen molar-refractivity contribution in [3.63, 3.8) is 0 Å². The van der Waals surface area contributed by atoms with Crippen LogP contribution in [0.1, 0.15) is 13.8 Å². The van der Waals surface area contributed by atoms with Crippen LogP contribution in [-0.2, 0) is 14.3 Å². The van der Waals surface area contributed by atoms with E-state index in [-0.39, 0.29) is 36.7 Å². The zero-order chi connectivity index (χ0) is 13.7. The molecule has 1 fully saturated rings. The van der Waals surface area contributed by atoms with Crippen LogP contribution < -0.4 is 5.73 Å². The number of hydrogen-bond acceptors (Lipinski definition) is 4. The van der Waals surface area contributed by atoms with Crippen LogP contribution in [0.4, 0.5) is 0 Å². The summed E-state index contributed by atoms with van der Waals surface area (Å²) in [5.74, 6) is 0.0762. The SMILES string of the molecule is COCC(=O)N1CCN(C(=O)[C@H](N)C(C)C)CC1.Cl. The van der Waals surface area contributed by atoms with E-state index in [9.17, 15) is 9.59 Å². The summed E-state index contributed by atoms with van der Waals surface area (Å²) in [6.07, 6.45) is 0. The lowest BCUT2D eigenvalue weighted by molar-refractivity contribution is -0.142. The third-order valence-corrected chi connectivity index (χ3v) is 3.22. The molecule has 0 aliphatic carbocycles. The Morgan fingerprint density at radius 2 is 1.63 bits per heavy atom. The highest BCUT2D eigenvalue weighted by atomic mass is 35.5. The van der Waals surface area contributed by atoms with Gasteiger partial charge in [0, 0.05) is 33.3 Å². The summed E-state index contributed by atoms with van der Waals surface area (Å²) in [6.45, 7) is 6.17. The molecule has 1 aliphatic rings. The zero-order valence-electron chi connectivity index (χ0n) is 11.8. The van der Waals surface area contributed by atoms with Crippen LogP contribution in [0.5, 0.6) is 0 Å². The molecular formula is C12H24ClN3O3. The average Bonchev–Trinajstić information content (AvgIpc) is 2.37. The van der Waals surface area contributed by atoms with Crippen molar-refractivity contribution in [2.75, 3.05) is 39.9 Å². The number of methoxy groups -OCH3 is 1. The first-order chi connectivity index (χ1) is 8.47. The number of halogens is 1. The number of carbonyl (C=O) groups is 2. The summed E-state index contributed by atoms with van der Waals surface area (Å²) in [6, 6.07) is -0.453. The quantitative estimate of drug-likeness (QED) is 0.773. The maximum absolute atomic E-state index is 12.0. The molecule has 19 heavy (non-hydrogen) atoms. The molecule has 0 saturated carbocycles. The van der Waals surface area contributed by atoms with Crippen molar-refractivity contribution in [2.45, 2.75) is 19.9 Å². The summed E-state index contributed by atoms with van der Waals surface area (Å²) in [5, 5.41) is 0. The van der Waals surface area contributed by atoms with Crippen LogP contribution in [0.15, 0.2) is 0 Å². The summed E-state index contributed by atoms with van der Waals surface area (Å²) >= 11 is 0. The Morgan fingerprint density at radius 3 is 2.05 bits per heavy atom. The smallest absolute Gasteiger partial charge is 0.248 e. The van der Waals surface area contributed by atoms with Crippen molar-refractivity contribution in [1.82, 2.24) is 9.80 Å². The van der Waals surface area contributed by atoms with Gasteiger partial charge in [0.15, 0.2) is 0 Å². The molecule has 7 heteroatoms. The Kier molecular flexibility index (Phi) is 7.97. The maximum atomic E-state index is 12.0. The predicted molar refractivity (Wildman–Crippen MR) is 75.1 cm³/mol. The number of nitrogens with zero attached hydrogens (tertiary/aromatic N) is 2. The molecule has 0 aromatic heterocycles. The number of rotatable bonds is 4. The van der Waals surface area contributed by atoms with Gasteiger partial charge in [-0.15, -0.1) is 12.4 Å². The summed E-state index contributed by atoms with van der Waals surface area (Å²) in [5.41, 5.74) is 5.84. The van der Waals surface area contributed by atoms with Gasteiger partial charge >= 0.3 is 0 Å². The zero-order valence-corrected chi connectivity index (χ0v) is 12.6. The molecule has 112 valence electrons. The molecule has 0 aromatic carbocycles. The van der Waals surface area contributed by atoms with E-state index in [0.29, 0.717) is 26.2 Å². The van der Waals surface area contributed by atoms with Crippen LogP contribution >= 0.6 is 12.4 Å². The lowest BCUT2D eigenvalue weighted by Gasteiger charge is -2.36. The second kappa shape index (κ2) is 8.35. The van der Waals surface area contributed by atoms with Gasteiger partial charge in [0.1, 0.15) is 6.61 Å². The maximum Gasteiger partial charge on any atom is 0.248 e. The molecular weight excluding hydrogens is 270 g/mol. The minimum atomic E-state index is -0.453. The fourth-order valence-electron chi connectivity index (χ4n) is 1.89. The van der Waals surface area contributed by atoms with Gasteiger partial charge in [0.25, 0.3) is 0 Å². The number of piperazine rings is 1. The molecule has 1 saturated heterocycles. The Balaban J connectivity index is 0.00000324. The monoisotopic (exact) mass is 293 g/mol. The van der Waals surface area contributed by atoms with Crippen LogP contribution in [0.25, 0.3) is 0 Å². The average molecular weight is 294 g/mol. The largest absolute Gasteiger partial charge is 0.375 e. The lowest BCUT2D eigenvalue weighted by atomic mass is 10.0. The number of nitrogens with two attached hydrogens (primary N) is 1. The highest BCUT2D eigenvalue weighted by molar-refractivity contribution is 5.85. The third-order valence-electron chi connectivity index (χ3n) is 3.22. The van der Waals surface area contributed by atoms with Crippen molar-refractivity contribution in [3.05, 3.63) is 0 Å². The molecule has 2 amide bonds. The van der Waals surface area contributed by atoms with E-state index >= 15 is 0 Å². The Bertz CT molecular complexity index is 305. The van der Waals surface area contributed by atoms with Gasteiger partial charge in [0.05, 0.1) is 6.04 Å². The van der Waals surface area contributed by atoms with Gasteiger partial charge in [-0.3, -0.25) is 9.59 Å². The molecule has 0 bridgehead atoms. The topological polar surface area (TPSA) is 75.9 Å². The van der Waals surface area contributed by atoms with Gasteiger partial charge in [-0.2, -0.15) is 0 Å². The highest BCUT2D eigenvalue weighted by Crippen LogP contribution is 2.08. The van der Waals surface area contributed by atoms with Crippen LogP contribution in [-0.4, -0.2) is 67.6 Å². The van der Waals surface area contributed by atoms with E-state index in [2.05, 4.69) is 0 Å². The second-order valence-corrected chi connectivity index (χ2v) is 4.91. The fourth-order valence-corrected chi connectivity index (χ4v) is 1.89. The van der Waals surface area contributed by atoms with Gasteiger partial charge in [-0.1, -0.05) is 13.8 Å². The Hall–Kier alpha value is -0.850. The van der Waals surface area contributed by atoms with Crippen LogP contribution in [0.2, 0.25) is 0 Å². The number of ether oxygens (including phenoxy) is 1. The van der Waals surface area contributed by atoms with Crippen molar-refractivity contribution in [3.8, 4) is 0 Å². The van der Waals surface area contributed by atoms with E-state index in [1.807, 2.05) is 13.8 Å². The first kappa shape index (κ1) is 18.1. The molecule has 0 aromatic rings. The molecule has 0 spiro atoms. The third kappa shape index (κ3) is 4.97.